The largest absolute Gasteiger partial charge is 0.494 e. The zero-order valence-corrected chi connectivity index (χ0v) is 13.8. The molecule has 0 atom stereocenters. The van der Waals surface area contributed by atoms with Gasteiger partial charge < -0.3 is 19.9 Å². The number of rotatable bonds is 4. The number of carbonyl (C=O) groups excluding carboxylic acids is 1. The topological polar surface area (TPSA) is 76.4 Å². The third-order valence-electron chi connectivity index (χ3n) is 3.07. The molecule has 0 bridgehead atoms. The lowest BCUT2D eigenvalue weighted by Crippen LogP contribution is -2.28. The molecule has 0 aliphatic carbocycles. The summed E-state index contributed by atoms with van der Waals surface area (Å²) in [5.41, 5.74) is 2.06. The molecule has 0 fully saturated rings. The molecule has 8 heteroatoms. The average molecular weight is 344 g/mol. The van der Waals surface area contributed by atoms with Crippen LogP contribution in [-0.2, 0) is 6.54 Å². The monoisotopic (exact) mass is 343 g/mol. The van der Waals surface area contributed by atoms with Crippen LogP contribution >= 0.6 is 23.2 Å². The van der Waals surface area contributed by atoms with Gasteiger partial charge in [-0.1, -0.05) is 28.4 Å². The number of nitrogens with zero attached hydrogens (tertiary/aromatic N) is 1. The van der Waals surface area contributed by atoms with Crippen molar-refractivity contribution in [1.29, 1.82) is 0 Å². The Kier molecular flexibility index (Phi) is 5.15. The number of halogens is 2. The van der Waals surface area contributed by atoms with Gasteiger partial charge in [-0.05, 0) is 26.0 Å². The van der Waals surface area contributed by atoms with Crippen molar-refractivity contribution in [2.24, 2.45) is 0 Å². The van der Waals surface area contributed by atoms with Crippen molar-refractivity contribution < 1.29 is 14.1 Å². The number of amides is 2. The van der Waals surface area contributed by atoms with E-state index in [0.29, 0.717) is 33.8 Å². The first-order chi connectivity index (χ1) is 10.4. The Morgan fingerprint density at radius 1 is 1.32 bits per heavy atom. The van der Waals surface area contributed by atoms with Crippen LogP contribution in [0.3, 0.4) is 0 Å². The van der Waals surface area contributed by atoms with E-state index in [1.54, 1.807) is 19.1 Å². The molecule has 0 radical (unpaired) electrons. The van der Waals surface area contributed by atoms with Crippen LogP contribution < -0.4 is 15.4 Å². The fourth-order valence-electron chi connectivity index (χ4n) is 1.93. The third kappa shape index (κ3) is 3.64. The van der Waals surface area contributed by atoms with Crippen LogP contribution in [0, 0.1) is 13.8 Å². The molecule has 0 spiro atoms. The molecule has 118 valence electrons. The number of aryl methyl sites for hydroxylation is 2. The number of methoxy groups -OCH3 is 1. The standard InChI is InChI=1S/C14H15Cl2N3O3/c1-7-10(8(2)22-19-7)6-17-14(20)18-9-4-11(15)13(21-3)12(16)5-9/h4-5H,6H2,1-3H3,(H2,17,18,20). The highest BCUT2D eigenvalue weighted by molar-refractivity contribution is 6.37. The fraction of sp³-hybridized carbons (Fsp3) is 0.286. The third-order valence-corrected chi connectivity index (χ3v) is 3.63. The summed E-state index contributed by atoms with van der Waals surface area (Å²) >= 11 is 12.0. The molecule has 22 heavy (non-hydrogen) atoms. The van der Waals surface area contributed by atoms with Gasteiger partial charge in [0.05, 0.1) is 22.8 Å². The Morgan fingerprint density at radius 2 is 1.95 bits per heavy atom. The molecule has 2 N–H and O–H groups in total. The second kappa shape index (κ2) is 6.89. The molecule has 0 aliphatic rings. The highest BCUT2D eigenvalue weighted by Gasteiger charge is 2.12. The van der Waals surface area contributed by atoms with Gasteiger partial charge >= 0.3 is 6.03 Å². The van der Waals surface area contributed by atoms with E-state index in [1.165, 1.54) is 7.11 Å². The van der Waals surface area contributed by atoms with E-state index < -0.39 is 6.03 Å². The molecule has 0 saturated heterocycles. The van der Waals surface area contributed by atoms with Gasteiger partial charge in [0.2, 0.25) is 0 Å². The number of nitrogens with one attached hydrogen (secondary N) is 2. The van der Waals surface area contributed by atoms with Crippen LogP contribution in [0.25, 0.3) is 0 Å². The van der Waals surface area contributed by atoms with Gasteiger partial charge in [-0.2, -0.15) is 0 Å². The SMILES string of the molecule is COc1c(Cl)cc(NC(=O)NCc2c(C)noc2C)cc1Cl. The lowest BCUT2D eigenvalue weighted by atomic mass is 10.2. The van der Waals surface area contributed by atoms with Crippen molar-refractivity contribution >= 4 is 34.9 Å². The summed E-state index contributed by atoms with van der Waals surface area (Å²) in [6.07, 6.45) is 0. The highest BCUT2D eigenvalue weighted by atomic mass is 35.5. The predicted molar refractivity (Wildman–Crippen MR) is 84.8 cm³/mol. The minimum absolute atomic E-state index is 0.310. The molecule has 2 rings (SSSR count). The summed E-state index contributed by atoms with van der Waals surface area (Å²) in [5, 5.41) is 9.82. The van der Waals surface area contributed by atoms with Crippen molar-refractivity contribution in [3.05, 3.63) is 39.2 Å². The van der Waals surface area contributed by atoms with E-state index >= 15 is 0 Å². The van der Waals surface area contributed by atoms with Crippen LogP contribution in [0.15, 0.2) is 16.7 Å². The van der Waals surface area contributed by atoms with Gasteiger partial charge in [0.1, 0.15) is 5.76 Å². The van der Waals surface area contributed by atoms with E-state index in [2.05, 4.69) is 15.8 Å². The molecule has 6 nitrogen and oxygen atoms in total. The Balaban J connectivity index is 2.01. The van der Waals surface area contributed by atoms with E-state index in [1.807, 2.05) is 6.92 Å². The summed E-state index contributed by atoms with van der Waals surface area (Å²) in [6, 6.07) is 2.72. The summed E-state index contributed by atoms with van der Waals surface area (Å²) in [5.74, 6) is 1.04. The second-order valence-electron chi connectivity index (χ2n) is 4.58. The molecule has 2 aromatic rings. The minimum atomic E-state index is -0.391. The fourth-order valence-corrected chi connectivity index (χ4v) is 2.57. The number of hydrogen-bond donors (Lipinski definition) is 2. The maximum absolute atomic E-state index is 11.9. The van der Waals surface area contributed by atoms with Crippen LogP contribution in [-0.4, -0.2) is 18.3 Å². The Labute approximate surface area is 137 Å². The van der Waals surface area contributed by atoms with Gasteiger partial charge in [0.15, 0.2) is 5.75 Å². The van der Waals surface area contributed by atoms with E-state index in [4.69, 9.17) is 32.5 Å². The first-order valence-electron chi connectivity index (χ1n) is 6.42. The molecule has 2 amide bonds. The number of aromatic nitrogens is 1. The molecule has 1 heterocycles. The average Bonchev–Trinajstić information content (AvgIpc) is 2.75. The van der Waals surface area contributed by atoms with Gasteiger partial charge in [-0.3, -0.25) is 0 Å². The number of carbonyl (C=O) groups is 1. The van der Waals surface area contributed by atoms with Crippen molar-refractivity contribution in [3.63, 3.8) is 0 Å². The van der Waals surface area contributed by atoms with Crippen molar-refractivity contribution in [3.8, 4) is 5.75 Å². The zero-order chi connectivity index (χ0) is 16.3. The number of benzene rings is 1. The number of hydrogen-bond acceptors (Lipinski definition) is 4. The van der Waals surface area contributed by atoms with Crippen LogP contribution in [0.1, 0.15) is 17.0 Å². The number of urea groups is 1. The van der Waals surface area contributed by atoms with Crippen LogP contribution in [0.5, 0.6) is 5.75 Å². The van der Waals surface area contributed by atoms with E-state index in [0.717, 1.165) is 11.3 Å². The lowest BCUT2D eigenvalue weighted by molar-refractivity contribution is 0.251. The molecule has 0 unspecified atom stereocenters. The molecular formula is C14H15Cl2N3O3. The molecule has 0 saturated carbocycles. The van der Waals surface area contributed by atoms with Gasteiger partial charge in [-0.25, -0.2) is 4.79 Å². The van der Waals surface area contributed by atoms with E-state index in [9.17, 15) is 4.79 Å². The minimum Gasteiger partial charge on any atom is -0.494 e. The van der Waals surface area contributed by atoms with Crippen LogP contribution in [0.4, 0.5) is 10.5 Å². The van der Waals surface area contributed by atoms with Gasteiger partial charge in [0.25, 0.3) is 0 Å². The number of ether oxygens (including phenoxy) is 1. The van der Waals surface area contributed by atoms with Crippen molar-refractivity contribution in [1.82, 2.24) is 10.5 Å². The van der Waals surface area contributed by atoms with Crippen molar-refractivity contribution in [2.45, 2.75) is 20.4 Å². The summed E-state index contributed by atoms with van der Waals surface area (Å²) in [7, 11) is 1.47. The van der Waals surface area contributed by atoms with E-state index in [-0.39, 0.29) is 0 Å². The Bertz CT molecular complexity index is 658. The predicted octanol–water partition coefficient (Wildman–Crippen LogP) is 3.93. The zero-order valence-electron chi connectivity index (χ0n) is 12.3. The van der Waals surface area contributed by atoms with Gasteiger partial charge in [0, 0.05) is 17.8 Å². The summed E-state index contributed by atoms with van der Waals surface area (Å²) < 4.78 is 10.1. The Morgan fingerprint density at radius 3 is 2.45 bits per heavy atom. The number of anilines is 1. The van der Waals surface area contributed by atoms with Crippen molar-refractivity contribution in [2.75, 3.05) is 12.4 Å². The normalized spacial score (nSPS) is 10.4. The lowest BCUT2D eigenvalue weighted by Gasteiger charge is -2.11. The first kappa shape index (κ1) is 16.5. The maximum Gasteiger partial charge on any atom is 0.319 e. The molecule has 1 aromatic carbocycles. The maximum atomic E-state index is 11.9. The quantitative estimate of drug-likeness (QED) is 0.881. The molecular weight excluding hydrogens is 329 g/mol. The second-order valence-corrected chi connectivity index (χ2v) is 5.40. The highest BCUT2D eigenvalue weighted by Crippen LogP contribution is 2.35. The Hall–Kier alpha value is -1.92. The molecule has 1 aromatic heterocycles. The summed E-state index contributed by atoms with van der Waals surface area (Å²) in [4.78, 5) is 11.9. The first-order valence-corrected chi connectivity index (χ1v) is 7.17. The smallest absolute Gasteiger partial charge is 0.319 e. The van der Waals surface area contributed by atoms with Gasteiger partial charge in [-0.15, -0.1) is 0 Å². The molecule has 0 aliphatic heterocycles. The summed E-state index contributed by atoms with van der Waals surface area (Å²) in [6.45, 7) is 3.91. The van der Waals surface area contributed by atoms with Crippen LogP contribution in [0.2, 0.25) is 10.0 Å².